The minimum absolute atomic E-state index is 1.02. The first-order valence-electron chi connectivity index (χ1n) is 13.6. The third kappa shape index (κ3) is 4.24. The highest BCUT2D eigenvalue weighted by atomic mass is 14.6. The first-order chi connectivity index (χ1) is 19.7. The Morgan fingerprint density at radius 3 is 1.62 bits per heavy atom. The molecule has 7 aromatic rings. The highest BCUT2D eigenvalue weighted by molar-refractivity contribution is 6.21. The van der Waals surface area contributed by atoms with E-state index in [-0.39, 0.29) is 0 Å². The van der Waals surface area contributed by atoms with Gasteiger partial charge in [-0.2, -0.15) is 0 Å². The summed E-state index contributed by atoms with van der Waals surface area (Å²) >= 11 is 0. The van der Waals surface area contributed by atoms with E-state index in [1.807, 2.05) is 25.5 Å². The zero-order valence-corrected chi connectivity index (χ0v) is 22.6. The molecule has 0 saturated heterocycles. The predicted octanol–water partition coefficient (Wildman–Crippen LogP) is 10.1. The average Bonchev–Trinajstić information content (AvgIpc) is 3.00. The summed E-state index contributed by atoms with van der Waals surface area (Å²) in [7, 11) is 0. The fraction of sp³-hybridized carbons (Fsp3) is 0.0526. The van der Waals surface area contributed by atoms with Gasteiger partial charge in [-0.15, -0.1) is 0 Å². The van der Waals surface area contributed by atoms with Crippen molar-refractivity contribution in [3.8, 4) is 44.5 Å². The highest BCUT2D eigenvalue weighted by Gasteiger charge is 2.17. The molecule has 0 saturated carbocycles. The van der Waals surface area contributed by atoms with E-state index in [9.17, 15) is 0 Å². The standard InChI is InChI=1S/C38H28N2/c1-25-20-32(24-39-23-25)29-8-7-9-31(22-29)38-35-12-5-3-10-33(35)37(34-11-4-6-13-36(34)38)28-16-14-27(15-17-28)30-18-19-40-26(2)21-30/h3-24H,1-2H3. The van der Waals surface area contributed by atoms with Gasteiger partial charge in [0.15, 0.2) is 0 Å². The smallest absolute Gasteiger partial charge is 0.0378 e. The van der Waals surface area contributed by atoms with Crippen molar-refractivity contribution in [2.45, 2.75) is 13.8 Å². The van der Waals surface area contributed by atoms with Crippen LogP contribution in [0.1, 0.15) is 11.3 Å². The Morgan fingerprint density at radius 2 is 1.00 bits per heavy atom. The van der Waals surface area contributed by atoms with Crippen LogP contribution in [0, 0.1) is 13.8 Å². The van der Waals surface area contributed by atoms with Crippen molar-refractivity contribution in [1.82, 2.24) is 9.97 Å². The van der Waals surface area contributed by atoms with Crippen LogP contribution in [0.5, 0.6) is 0 Å². The Balaban J connectivity index is 1.45. The van der Waals surface area contributed by atoms with E-state index in [1.165, 1.54) is 60.5 Å². The van der Waals surface area contributed by atoms with Crippen LogP contribution < -0.4 is 0 Å². The van der Waals surface area contributed by atoms with Crippen molar-refractivity contribution in [3.05, 3.63) is 145 Å². The van der Waals surface area contributed by atoms with Crippen molar-refractivity contribution >= 4 is 21.5 Å². The molecule has 0 aliphatic rings. The quantitative estimate of drug-likeness (QED) is 0.219. The number of aromatic nitrogens is 2. The van der Waals surface area contributed by atoms with Crippen molar-refractivity contribution in [1.29, 1.82) is 0 Å². The molecular formula is C38H28N2. The van der Waals surface area contributed by atoms with Crippen molar-refractivity contribution < 1.29 is 0 Å². The first kappa shape index (κ1) is 24.0. The van der Waals surface area contributed by atoms with Gasteiger partial charge < -0.3 is 0 Å². The summed E-state index contributed by atoms with van der Waals surface area (Å²) in [5.74, 6) is 0. The summed E-state index contributed by atoms with van der Waals surface area (Å²) in [5, 5.41) is 5.02. The Kier molecular flexibility index (Phi) is 5.94. The van der Waals surface area contributed by atoms with Crippen LogP contribution in [0.25, 0.3) is 66.1 Å². The SMILES string of the molecule is Cc1cncc(-c2cccc(-c3c4ccccc4c(-c4ccc(-c5ccnc(C)c5)cc4)c4ccccc34)c2)c1. The molecule has 0 aliphatic heterocycles. The zero-order chi connectivity index (χ0) is 27.1. The molecule has 0 fully saturated rings. The topological polar surface area (TPSA) is 25.8 Å². The molecule has 0 spiro atoms. The predicted molar refractivity (Wildman–Crippen MR) is 168 cm³/mol. The number of rotatable bonds is 4. The highest BCUT2D eigenvalue weighted by Crippen LogP contribution is 2.44. The summed E-state index contributed by atoms with van der Waals surface area (Å²) in [6.45, 7) is 4.12. The number of fused-ring (bicyclic) bond motifs is 2. The minimum Gasteiger partial charge on any atom is -0.264 e. The second kappa shape index (κ2) is 9.91. The van der Waals surface area contributed by atoms with Gasteiger partial charge in [0.05, 0.1) is 0 Å². The van der Waals surface area contributed by atoms with E-state index in [4.69, 9.17) is 0 Å². The second-order valence-electron chi connectivity index (χ2n) is 10.4. The monoisotopic (exact) mass is 512 g/mol. The number of pyridine rings is 2. The van der Waals surface area contributed by atoms with Crippen molar-refractivity contribution in [2.75, 3.05) is 0 Å². The van der Waals surface area contributed by atoms with E-state index in [2.05, 4.69) is 132 Å². The molecule has 7 rings (SSSR count). The molecule has 190 valence electrons. The van der Waals surface area contributed by atoms with Gasteiger partial charge in [0, 0.05) is 29.8 Å². The molecule has 0 aliphatic carbocycles. The largest absolute Gasteiger partial charge is 0.264 e. The fourth-order valence-electron chi connectivity index (χ4n) is 5.87. The number of hydrogen-bond donors (Lipinski definition) is 0. The Bertz CT molecular complexity index is 1960. The summed E-state index contributed by atoms with van der Waals surface area (Å²) in [6.07, 6.45) is 5.73. The maximum Gasteiger partial charge on any atom is 0.0378 e. The zero-order valence-electron chi connectivity index (χ0n) is 22.6. The van der Waals surface area contributed by atoms with Crippen LogP contribution in [0.3, 0.4) is 0 Å². The summed E-state index contributed by atoms with van der Waals surface area (Å²) in [4.78, 5) is 8.79. The summed E-state index contributed by atoms with van der Waals surface area (Å²) in [5.41, 5.74) is 11.8. The lowest BCUT2D eigenvalue weighted by atomic mass is 9.85. The molecule has 0 amide bonds. The van der Waals surface area contributed by atoms with Crippen molar-refractivity contribution in [3.63, 3.8) is 0 Å². The molecule has 0 N–H and O–H groups in total. The lowest BCUT2D eigenvalue weighted by molar-refractivity contribution is 1.20. The normalized spacial score (nSPS) is 11.2. The molecule has 0 atom stereocenters. The number of aryl methyl sites for hydroxylation is 2. The average molecular weight is 513 g/mol. The van der Waals surface area contributed by atoms with Crippen LogP contribution in [0.4, 0.5) is 0 Å². The third-order valence-corrected chi connectivity index (χ3v) is 7.69. The van der Waals surface area contributed by atoms with Crippen LogP contribution in [0.15, 0.2) is 134 Å². The molecule has 2 nitrogen and oxygen atoms in total. The Labute approximate surface area is 234 Å². The number of benzene rings is 5. The van der Waals surface area contributed by atoms with Gasteiger partial charge in [0.25, 0.3) is 0 Å². The molecule has 2 aromatic heterocycles. The van der Waals surface area contributed by atoms with Crippen LogP contribution in [-0.2, 0) is 0 Å². The van der Waals surface area contributed by atoms with E-state index >= 15 is 0 Å². The van der Waals surface area contributed by atoms with Crippen LogP contribution in [-0.4, -0.2) is 9.97 Å². The lowest BCUT2D eigenvalue weighted by Gasteiger charge is -2.18. The Morgan fingerprint density at radius 1 is 0.425 bits per heavy atom. The molecular weight excluding hydrogens is 484 g/mol. The second-order valence-corrected chi connectivity index (χ2v) is 10.4. The molecule has 0 unspecified atom stereocenters. The van der Waals surface area contributed by atoms with Gasteiger partial charge in [0.1, 0.15) is 0 Å². The minimum atomic E-state index is 1.02. The maximum absolute atomic E-state index is 4.43. The van der Waals surface area contributed by atoms with Gasteiger partial charge in [-0.3, -0.25) is 9.97 Å². The molecule has 2 heteroatoms. The molecule has 0 bridgehead atoms. The molecule has 2 heterocycles. The fourth-order valence-corrected chi connectivity index (χ4v) is 5.87. The summed E-state index contributed by atoms with van der Waals surface area (Å²) in [6, 6.07) is 41.8. The van der Waals surface area contributed by atoms with Crippen LogP contribution in [0.2, 0.25) is 0 Å². The van der Waals surface area contributed by atoms with E-state index in [0.29, 0.717) is 0 Å². The van der Waals surface area contributed by atoms with Gasteiger partial charge in [-0.25, -0.2) is 0 Å². The van der Waals surface area contributed by atoms with Gasteiger partial charge in [-0.1, -0.05) is 91.0 Å². The van der Waals surface area contributed by atoms with Gasteiger partial charge in [-0.05, 0) is 104 Å². The molecule has 40 heavy (non-hydrogen) atoms. The van der Waals surface area contributed by atoms with Crippen molar-refractivity contribution in [2.24, 2.45) is 0 Å². The summed E-state index contributed by atoms with van der Waals surface area (Å²) < 4.78 is 0. The maximum atomic E-state index is 4.43. The van der Waals surface area contributed by atoms with E-state index in [1.54, 1.807) is 0 Å². The number of hydrogen-bond acceptors (Lipinski definition) is 2. The van der Waals surface area contributed by atoms with E-state index in [0.717, 1.165) is 16.8 Å². The van der Waals surface area contributed by atoms with Gasteiger partial charge >= 0.3 is 0 Å². The van der Waals surface area contributed by atoms with E-state index < -0.39 is 0 Å². The van der Waals surface area contributed by atoms with Gasteiger partial charge in [0.2, 0.25) is 0 Å². The molecule has 5 aromatic carbocycles. The van der Waals surface area contributed by atoms with Crippen LogP contribution >= 0.6 is 0 Å². The first-order valence-corrected chi connectivity index (χ1v) is 13.6. The Hall–Kier alpha value is -5.08. The lowest BCUT2D eigenvalue weighted by Crippen LogP contribution is -1.91. The third-order valence-electron chi connectivity index (χ3n) is 7.69. The number of nitrogens with zero attached hydrogens (tertiary/aromatic N) is 2. The molecule has 0 radical (unpaired) electrons.